The molecule has 0 amide bonds. The molecule has 1 aliphatic carbocycles. The molecule has 0 N–H and O–H groups in total. The normalized spacial score (nSPS) is 23.5. The van der Waals surface area contributed by atoms with Gasteiger partial charge in [0.05, 0.1) is 0 Å². The zero-order valence-electron chi connectivity index (χ0n) is 11.8. The summed E-state index contributed by atoms with van der Waals surface area (Å²) in [6, 6.07) is 0.892. The third-order valence-electron chi connectivity index (χ3n) is 4.31. The second-order valence-electron chi connectivity index (χ2n) is 6.01. The van der Waals surface area contributed by atoms with Gasteiger partial charge in [0.1, 0.15) is 0 Å². The SMILES string of the molecule is CCCN1CCC(N(CCC)CC2CC2)CC1. The van der Waals surface area contributed by atoms with Crippen molar-refractivity contribution in [1.82, 2.24) is 9.80 Å². The first-order chi connectivity index (χ1) is 8.33. The van der Waals surface area contributed by atoms with Crippen molar-refractivity contribution in [2.24, 2.45) is 5.92 Å². The van der Waals surface area contributed by atoms with Gasteiger partial charge in [0, 0.05) is 12.6 Å². The van der Waals surface area contributed by atoms with Crippen molar-refractivity contribution in [2.45, 2.75) is 58.4 Å². The van der Waals surface area contributed by atoms with Crippen molar-refractivity contribution in [3.8, 4) is 0 Å². The van der Waals surface area contributed by atoms with Crippen LogP contribution in [0.15, 0.2) is 0 Å². The summed E-state index contributed by atoms with van der Waals surface area (Å²) in [5.41, 5.74) is 0. The Hall–Kier alpha value is -0.0800. The van der Waals surface area contributed by atoms with Gasteiger partial charge in [0.15, 0.2) is 0 Å². The molecule has 2 nitrogen and oxygen atoms in total. The molecule has 2 fully saturated rings. The van der Waals surface area contributed by atoms with Gasteiger partial charge in [-0.3, -0.25) is 0 Å². The van der Waals surface area contributed by atoms with E-state index in [9.17, 15) is 0 Å². The minimum Gasteiger partial charge on any atom is -0.303 e. The van der Waals surface area contributed by atoms with Crippen LogP contribution in [0.4, 0.5) is 0 Å². The summed E-state index contributed by atoms with van der Waals surface area (Å²) < 4.78 is 0. The third-order valence-corrected chi connectivity index (χ3v) is 4.31. The van der Waals surface area contributed by atoms with Gasteiger partial charge in [-0.2, -0.15) is 0 Å². The third kappa shape index (κ3) is 4.26. The summed E-state index contributed by atoms with van der Waals surface area (Å²) in [7, 11) is 0. The van der Waals surface area contributed by atoms with E-state index >= 15 is 0 Å². The number of likely N-dealkylation sites (tertiary alicyclic amines) is 1. The van der Waals surface area contributed by atoms with Crippen LogP contribution in [0, 0.1) is 5.92 Å². The topological polar surface area (TPSA) is 6.48 Å². The van der Waals surface area contributed by atoms with Gasteiger partial charge in [0.25, 0.3) is 0 Å². The predicted molar refractivity (Wildman–Crippen MR) is 74.3 cm³/mol. The lowest BCUT2D eigenvalue weighted by atomic mass is 10.0. The lowest BCUT2D eigenvalue weighted by Crippen LogP contribution is -2.46. The van der Waals surface area contributed by atoms with Crippen molar-refractivity contribution >= 4 is 0 Å². The highest BCUT2D eigenvalue weighted by Crippen LogP contribution is 2.31. The fraction of sp³-hybridized carbons (Fsp3) is 1.00. The first-order valence-electron chi connectivity index (χ1n) is 7.79. The van der Waals surface area contributed by atoms with Gasteiger partial charge >= 0.3 is 0 Å². The standard InChI is InChI=1S/C15H30N2/c1-3-9-16-11-7-15(8-12-16)17(10-4-2)13-14-5-6-14/h14-15H,3-13H2,1-2H3. The number of hydrogen-bond donors (Lipinski definition) is 0. The van der Waals surface area contributed by atoms with Crippen LogP contribution in [0.25, 0.3) is 0 Å². The molecule has 0 aromatic carbocycles. The molecule has 100 valence electrons. The van der Waals surface area contributed by atoms with Gasteiger partial charge in [-0.25, -0.2) is 0 Å². The molecule has 0 unspecified atom stereocenters. The summed E-state index contributed by atoms with van der Waals surface area (Å²) in [4.78, 5) is 5.46. The van der Waals surface area contributed by atoms with E-state index in [1.165, 1.54) is 71.2 Å². The van der Waals surface area contributed by atoms with Crippen molar-refractivity contribution < 1.29 is 0 Å². The van der Waals surface area contributed by atoms with Crippen LogP contribution in [0.5, 0.6) is 0 Å². The van der Waals surface area contributed by atoms with Crippen LogP contribution in [0.3, 0.4) is 0 Å². The van der Waals surface area contributed by atoms with E-state index in [2.05, 4.69) is 23.6 Å². The Balaban J connectivity index is 1.75. The van der Waals surface area contributed by atoms with Gasteiger partial charge in [-0.05, 0) is 70.6 Å². The lowest BCUT2D eigenvalue weighted by Gasteiger charge is -2.38. The molecule has 0 spiro atoms. The minimum atomic E-state index is 0.892. The van der Waals surface area contributed by atoms with Crippen LogP contribution < -0.4 is 0 Å². The molecule has 0 bridgehead atoms. The van der Waals surface area contributed by atoms with E-state index in [1.54, 1.807) is 0 Å². The maximum absolute atomic E-state index is 2.81. The van der Waals surface area contributed by atoms with Crippen LogP contribution in [0.1, 0.15) is 52.4 Å². The Bertz CT molecular complexity index is 205. The Morgan fingerprint density at radius 1 is 1.00 bits per heavy atom. The highest BCUT2D eigenvalue weighted by Gasteiger charge is 2.29. The molecule has 1 saturated heterocycles. The minimum absolute atomic E-state index is 0.892. The Kier molecular flexibility index (Phi) is 5.30. The summed E-state index contributed by atoms with van der Waals surface area (Å²) in [6.07, 6.45) is 8.44. The van der Waals surface area contributed by atoms with E-state index < -0.39 is 0 Å². The summed E-state index contributed by atoms with van der Waals surface area (Å²) in [6.45, 7) is 11.3. The van der Waals surface area contributed by atoms with E-state index in [0.29, 0.717) is 0 Å². The Morgan fingerprint density at radius 2 is 1.71 bits per heavy atom. The monoisotopic (exact) mass is 238 g/mol. The molecule has 17 heavy (non-hydrogen) atoms. The number of piperidine rings is 1. The zero-order chi connectivity index (χ0) is 12.1. The summed E-state index contributed by atoms with van der Waals surface area (Å²) >= 11 is 0. The molecule has 0 aromatic rings. The molecule has 1 saturated carbocycles. The zero-order valence-corrected chi connectivity index (χ0v) is 11.8. The van der Waals surface area contributed by atoms with E-state index in [4.69, 9.17) is 0 Å². The van der Waals surface area contributed by atoms with Crippen LogP contribution in [-0.4, -0.2) is 48.6 Å². The Morgan fingerprint density at radius 3 is 2.24 bits per heavy atom. The van der Waals surface area contributed by atoms with E-state index in [-0.39, 0.29) is 0 Å². The van der Waals surface area contributed by atoms with Crippen molar-refractivity contribution in [1.29, 1.82) is 0 Å². The number of nitrogens with zero attached hydrogens (tertiary/aromatic N) is 2. The van der Waals surface area contributed by atoms with Gasteiger partial charge in [0.2, 0.25) is 0 Å². The quantitative estimate of drug-likeness (QED) is 0.673. The largest absolute Gasteiger partial charge is 0.303 e. The average Bonchev–Trinajstić information content (AvgIpc) is 3.14. The van der Waals surface area contributed by atoms with Crippen LogP contribution in [-0.2, 0) is 0 Å². The van der Waals surface area contributed by atoms with Gasteiger partial charge < -0.3 is 9.80 Å². The van der Waals surface area contributed by atoms with Gasteiger partial charge in [-0.15, -0.1) is 0 Å². The maximum Gasteiger partial charge on any atom is 0.0120 e. The van der Waals surface area contributed by atoms with Crippen molar-refractivity contribution in [2.75, 3.05) is 32.7 Å². The second kappa shape index (κ2) is 6.75. The molecule has 0 radical (unpaired) electrons. The molecule has 2 heteroatoms. The smallest absolute Gasteiger partial charge is 0.0120 e. The highest BCUT2D eigenvalue weighted by atomic mass is 15.2. The van der Waals surface area contributed by atoms with Crippen LogP contribution >= 0.6 is 0 Å². The molecular formula is C15H30N2. The van der Waals surface area contributed by atoms with Crippen molar-refractivity contribution in [3.05, 3.63) is 0 Å². The maximum atomic E-state index is 2.81. The van der Waals surface area contributed by atoms with E-state index in [0.717, 1.165) is 12.0 Å². The van der Waals surface area contributed by atoms with Gasteiger partial charge in [-0.1, -0.05) is 13.8 Å². The van der Waals surface area contributed by atoms with Crippen molar-refractivity contribution in [3.63, 3.8) is 0 Å². The molecule has 2 rings (SSSR count). The average molecular weight is 238 g/mol. The molecule has 1 heterocycles. The Labute approximate surface area is 107 Å². The fourth-order valence-corrected chi connectivity index (χ4v) is 3.17. The first-order valence-corrected chi connectivity index (χ1v) is 7.79. The number of hydrogen-bond acceptors (Lipinski definition) is 2. The molecular weight excluding hydrogens is 208 g/mol. The number of rotatable bonds is 7. The highest BCUT2D eigenvalue weighted by molar-refractivity contribution is 4.84. The van der Waals surface area contributed by atoms with E-state index in [1.807, 2.05) is 0 Å². The predicted octanol–water partition coefficient (Wildman–Crippen LogP) is 2.98. The summed E-state index contributed by atoms with van der Waals surface area (Å²) in [5.74, 6) is 1.05. The molecule has 0 atom stereocenters. The molecule has 1 aliphatic heterocycles. The first kappa shape index (κ1) is 13.4. The fourth-order valence-electron chi connectivity index (χ4n) is 3.17. The second-order valence-corrected chi connectivity index (χ2v) is 6.01. The molecule has 2 aliphatic rings. The van der Waals surface area contributed by atoms with Crippen LogP contribution in [0.2, 0.25) is 0 Å². The lowest BCUT2D eigenvalue weighted by molar-refractivity contribution is 0.104. The molecule has 0 aromatic heterocycles. The summed E-state index contributed by atoms with van der Waals surface area (Å²) in [5, 5.41) is 0.